The molecule has 0 spiro atoms. The highest BCUT2D eigenvalue weighted by Gasteiger charge is 2.13. The highest BCUT2D eigenvalue weighted by molar-refractivity contribution is 5.85. The zero-order valence-corrected chi connectivity index (χ0v) is 15.0. The summed E-state index contributed by atoms with van der Waals surface area (Å²) in [5.41, 5.74) is 1.33. The lowest BCUT2D eigenvalue weighted by Gasteiger charge is -2.24. The number of nitrogens with zero attached hydrogens (tertiary/aromatic N) is 1. The van der Waals surface area contributed by atoms with Crippen molar-refractivity contribution in [2.24, 2.45) is 0 Å². The first-order valence-corrected chi connectivity index (χ1v) is 8.07. The van der Waals surface area contributed by atoms with Crippen LogP contribution in [0.4, 0.5) is 0 Å². The van der Waals surface area contributed by atoms with E-state index < -0.39 is 0 Å². The Morgan fingerprint density at radius 3 is 2.21 bits per heavy atom. The molecule has 0 radical (unpaired) electrons. The van der Waals surface area contributed by atoms with Crippen molar-refractivity contribution in [2.75, 3.05) is 20.7 Å². The Bertz CT molecular complexity index is 758. The summed E-state index contributed by atoms with van der Waals surface area (Å²) in [6.07, 6.45) is 0.962. The summed E-state index contributed by atoms with van der Waals surface area (Å²) >= 11 is 0. The molecule has 3 aromatic carbocycles. The minimum absolute atomic E-state index is 0. The minimum Gasteiger partial charge on any atom is -0.494 e. The minimum atomic E-state index is 0. The van der Waals surface area contributed by atoms with Gasteiger partial charge in [0.15, 0.2) is 0 Å². The lowest BCUT2D eigenvalue weighted by atomic mass is 10.0. The number of ether oxygens (including phenoxy) is 1. The van der Waals surface area contributed by atoms with E-state index in [4.69, 9.17) is 4.74 Å². The summed E-state index contributed by atoms with van der Waals surface area (Å²) in [7, 11) is 4.24. The van der Waals surface area contributed by atoms with Crippen LogP contribution < -0.4 is 4.74 Å². The molecule has 0 heterocycles. The van der Waals surface area contributed by atoms with Gasteiger partial charge in [-0.25, -0.2) is 0 Å². The summed E-state index contributed by atoms with van der Waals surface area (Å²) in [6.45, 7) is 0.704. The van der Waals surface area contributed by atoms with E-state index in [2.05, 4.69) is 91.8 Å². The molecule has 3 aromatic rings. The highest BCUT2D eigenvalue weighted by atomic mass is 35.5. The van der Waals surface area contributed by atoms with Crippen LogP contribution in [0.15, 0.2) is 72.8 Å². The van der Waals surface area contributed by atoms with E-state index in [0.29, 0.717) is 12.6 Å². The van der Waals surface area contributed by atoms with Gasteiger partial charge in [0.1, 0.15) is 5.75 Å². The van der Waals surface area contributed by atoms with Gasteiger partial charge in [-0.15, -0.1) is 12.4 Å². The van der Waals surface area contributed by atoms with Crippen molar-refractivity contribution in [3.63, 3.8) is 0 Å². The Kier molecular flexibility index (Phi) is 6.65. The number of halogens is 1. The van der Waals surface area contributed by atoms with E-state index in [1.165, 1.54) is 16.3 Å². The van der Waals surface area contributed by atoms with Crippen LogP contribution in [0.1, 0.15) is 18.0 Å². The number of fused-ring (bicyclic) bond motifs is 1. The second kappa shape index (κ2) is 8.72. The Balaban J connectivity index is 0.00000208. The van der Waals surface area contributed by atoms with Gasteiger partial charge in [0.2, 0.25) is 0 Å². The maximum absolute atomic E-state index is 5.99. The van der Waals surface area contributed by atoms with Crippen LogP contribution in [0.25, 0.3) is 10.8 Å². The zero-order chi connectivity index (χ0) is 16.1. The third-order valence-corrected chi connectivity index (χ3v) is 4.19. The van der Waals surface area contributed by atoms with E-state index in [1.807, 2.05) is 0 Å². The van der Waals surface area contributed by atoms with Crippen LogP contribution in [0.2, 0.25) is 0 Å². The third-order valence-electron chi connectivity index (χ3n) is 4.19. The van der Waals surface area contributed by atoms with Crippen LogP contribution >= 0.6 is 12.4 Å². The van der Waals surface area contributed by atoms with Crippen molar-refractivity contribution in [2.45, 2.75) is 12.5 Å². The third kappa shape index (κ3) is 4.50. The van der Waals surface area contributed by atoms with Gasteiger partial charge in [-0.3, -0.25) is 0 Å². The Labute approximate surface area is 150 Å². The van der Waals surface area contributed by atoms with E-state index in [-0.39, 0.29) is 12.4 Å². The maximum Gasteiger partial charge on any atom is 0.119 e. The first-order valence-electron chi connectivity index (χ1n) is 8.07. The van der Waals surface area contributed by atoms with Gasteiger partial charge in [-0.1, -0.05) is 60.7 Å². The van der Waals surface area contributed by atoms with Gasteiger partial charge in [0.25, 0.3) is 0 Å². The monoisotopic (exact) mass is 341 g/mol. The van der Waals surface area contributed by atoms with Gasteiger partial charge < -0.3 is 9.64 Å². The summed E-state index contributed by atoms with van der Waals surface area (Å²) in [6, 6.07) is 25.6. The first-order chi connectivity index (χ1) is 11.2. The van der Waals surface area contributed by atoms with Crippen molar-refractivity contribution in [1.82, 2.24) is 4.90 Å². The SMILES string of the molecule is CN(C)C(CCOc1ccc2ccccc2c1)c1ccccc1.Cl. The Morgan fingerprint density at radius 2 is 1.50 bits per heavy atom. The molecule has 0 N–H and O–H groups in total. The predicted molar refractivity (Wildman–Crippen MR) is 104 cm³/mol. The van der Waals surface area contributed by atoms with Crippen LogP contribution in [0.5, 0.6) is 5.75 Å². The number of rotatable bonds is 6. The van der Waals surface area contributed by atoms with Gasteiger partial charge >= 0.3 is 0 Å². The topological polar surface area (TPSA) is 12.5 Å². The van der Waals surface area contributed by atoms with Crippen molar-refractivity contribution in [3.8, 4) is 5.75 Å². The van der Waals surface area contributed by atoms with E-state index in [1.54, 1.807) is 0 Å². The molecule has 24 heavy (non-hydrogen) atoms. The average molecular weight is 342 g/mol. The molecule has 0 aliphatic heterocycles. The standard InChI is InChI=1S/C21H23NO.ClH/c1-22(2)21(18-9-4-3-5-10-18)14-15-23-20-13-12-17-8-6-7-11-19(17)16-20;/h3-13,16,21H,14-15H2,1-2H3;1H. The molecule has 126 valence electrons. The Hall–Kier alpha value is -2.03. The van der Waals surface area contributed by atoms with Crippen LogP contribution in [-0.4, -0.2) is 25.6 Å². The summed E-state index contributed by atoms with van der Waals surface area (Å²) in [5.74, 6) is 0.939. The summed E-state index contributed by atoms with van der Waals surface area (Å²) in [4.78, 5) is 2.25. The summed E-state index contributed by atoms with van der Waals surface area (Å²) in [5, 5.41) is 2.47. The fourth-order valence-electron chi connectivity index (χ4n) is 2.94. The molecular weight excluding hydrogens is 318 g/mol. The molecule has 0 amide bonds. The second-order valence-electron chi connectivity index (χ2n) is 6.04. The lowest BCUT2D eigenvalue weighted by molar-refractivity contribution is 0.224. The maximum atomic E-state index is 5.99. The smallest absolute Gasteiger partial charge is 0.119 e. The molecule has 0 bridgehead atoms. The lowest BCUT2D eigenvalue weighted by Crippen LogP contribution is -2.22. The van der Waals surface area contributed by atoms with Crippen molar-refractivity contribution < 1.29 is 4.74 Å². The molecular formula is C21H24ClNO. The van der Waals surface area contributed by atoms with Gasteiger partial charge in [0, 0.05) is 12.5 Å². The molecule has 3 heteroatoms. The van der Waals surface area contributed by atoms with Gasteiger partial charge in [0.05, 0.1) is 6.61 Å². The molecule has 1 atom stereocenters. The molecule has 3 rings (SSSR count). The average Bonchev–Trinajstić information content (AvgIpc) is 2.59. The Morgan fingerprint density at radius 1 is 0.833 bits per heavy atom. The number of hydrogen-bond acceptors (Lipinski definition) is 2. The highest BCUT2D eigenvalue weighted by Crippen LogP contribution is 2.24. The number of benzene rings is 3. The zero-order valence-electron chi connectivity index (χ0n) is 14.2. The predicted octanol–water partition coefficient (Wildman–Crippen LogP) is 5.33. The molecule has 1 unspecified atom stereocenters. The van der Waals surface area contributed by atoms with Crippen LogP contribution in [0.3, 0.4) is 0 Å². The molecule has 0 aliphatic rings. The molecule has 0 aromatic heterocycles. The molecule has 0 saturated carbocycles. The van der Waals surface area contributed by atoms with Crippen molar-refractivity contribution >= 4 is 23.2 Å². The van der Waals surface area contributed by atoms with E-state index >= 15 is 0 Å². The quantitative estimate of drug-likeness (QED) is 0.600. The first kappa shape index (κ1) is 18.3. The van der Waals surface area contributed by atoms with Gasteiger partial charge in [-0.2, -0.15) is 0 Å². The van der Waals surface area contributed by atoms with Crippen molar-refractivity contribution in [3.05, 3.63) is 78.4 Å². The fraction of sp³-hybridized carbons (Fsp3) is 0.238. The number of hydrogen-bond donors (Lipinski definition) is 0. The van der Waals surface area contributed by atoms with Crippen LogP contribution in [-0.2, 0) is 0 Å². The second-order valence-corrected chi connectivity index (χ2v) is 6.04. The molecule has 0 fully saturated rings. The molecule has 0 aliphatic carbocycles. The summed E-state index contributed by atoms with van der Waals surface area (Å²) < 4.78 is 5.99. The van der Waals surface area contributed by atoms with Crippen LogP contribution in [0, 0.1) is 0 Å². The fourth-order valence-corrected chi connectivity index (χ4v) is 2.94. The van der Waals surface area contributed by atoms with E-state index in [0.717, 1.165) is 12.2 Å². The molecule has 0 saturated heterocycles. The van der Waals surface area contributed by atoms with E-state index in [9.17, 15) is 0 Å². The van der Waals surface area contributed by atoms with Crippen molar-refractivity contribution in [1.29, 1.82) is 0 Å². The van der Waals surface area contributed by atoms with Gasteiger partial charge in [-0.05, 0) is 42.6 Å². The normalized spacial score (nSPS) is 12.0. The molecule has 2 nitrogen and oxygen atoms in total. The largest absolute Gasteiger partial charge is 0.494 e.